The van der Waals surface area contributed by atoms with Crippen LogP contribution in [-0.4, -0.2) is 35.5 Å². The zero-order valence-electron chi connectivity index (χ0n) is 26.5. The number of hydrogen-bond donors (Lipinski definition) is 4. The summed E-state index contributed by atoms with van der Waals surface area (Å²) in [5, 5.41) is 8.17. The molecule has 0 aromatic heterocycles. The summed E-state index contributed by atoms with van der Waals surface area (Å²) in [5.41, 5.74) is 10.3. The van der Waals surface area contributed by atoms with Gasteiger partial charge in [-0.3, -0.25) is 9.59 Å². The van der Waals surface area contributed by atoms with E-state index in [1.165, 1.54) is 0 Å². The molecule has 1 aliphatic heterocycles. The van der Waals surface area contributed by atoms with Crippen molar-refractivity contribution in [3.63, 3.8) is 0 Å². The van der Waals surface area contributed by atoms with E-state index in [2.05, 4.69) is 16.0 Å². The Kier molecular flexibility index (Phi) is 10.2. The topological polar surface area (TPSA) is 143 Å². The maximum Gasteiger partial charge on any atom is 0.408 e. The normalized spacial score (nSPS) is 14.4. The van der Waals surface area contributed by atoms with Gasteiger partial charge in [0.2, 0.25) is 11.8 Å². The van der Waals surface area contributed by atoms with Gasteiger partial charge in [0.1, 0.15) is 18.2 Å². The van der Waals surface area contributed by atoms with Gasteiger partial charge in [-0.2, -0.15) is 0 Å². The Morgan fingerprint density at radius 2 is 1.55 bits per heavy atom. The van der Waals surface area contributed by atoms with Gasteiger partial charge in [-0.05, 0) is 66.1 Å². The number of primary amides is 1. The zero-order chi connectivity index (χ0) is 33.4. The molecule has 5 amide bonds. The molecule has 4 aromatic carbocycles. The van der Waals surface area contributed by atoms with E-state index in [0.717, 1.165) is 39.1 Å². The zero-order valence-corrected chi connectivity index (χ0v) is 26.5. The van der Waals surface area contributed by atoms with Gasteiger partial charge in [-0.1, -0.05) is 97.1 Å². The van der Waals surface area contributed by atoms with Gasteiger partial charge >= 0.3 is 12.1 Å². The molecular formula is C37H39N5O5. The second-order valence-corrected chi connectivity index (χ2v) is 12.0. The monoisotopic (exact) mass is 633 g/mol. The number of carbonyl (C=O) groups is 4. The number of benzene rings is 4. The number of nitrogens with zero attached hydrogens (tertiary/aromatic N) is 1. The molecule has 0 radical (unpaired) electrons. The Balaban J connectivity index is 1.29. The number of ether oxygens (including phenoxy) is 1. The van der Waals surface area contributed by atoms with Gasteiger partial charge in [-0.25, -0.2) is 9.59 Å². The second kappa shape index (κ2) is 14.6. The molecule has 1 heterocycles. The first-order valence-electron chi connectivity index (χ1n) is 15.5. The van der Waals surface area contributed by atoms with E-state index in [1.54, 1.807) is 18.7 Å². The van der Waals surface area contributed by atoms with Crippen molar-refractivity contribution in [3.05, 3.63) is 125 Å². The standard InChI is InChI=1S/C37H39N5O5/c1-37(2,41-36(46)47-24-26-10-4-3-5-11-26)34(44)40-31-21-20-28-12-7-9-15-32(28)42(33(31)43)23-25-16-18-27(19-17-25)30-14-8-6-13-29(30)22-39-35(38)45/h3-19,31H,20-24H2,1-2H3,(H,40,44)(H,41,46)(H3,38,39,45)/t31-/m1/s1. The average molecular weight is 634 g/mol. The summed E-state index contributed by atoms with van der Waals surface area (Å²) < 4.78 is 5.31. The maximum atomic E-state index is 14.1. The van der Waals surface area contributed by atoms with E-state index < -0.39 is 29.6 Å². The predicted molar refractivity (Wildman–Crippen MR) is 180 cm³/mol. The Bertz CT molecular complexity index is 1740. The molecular weight excluding hydrogens is 594 g/mol. The van der Waals surface area contributed by atoms with Crippen molar-refractivity contribution < 1.29 is 23.9 Å². The summed E-state index contributed by atoms with van der Waals surface area (Å²) in [7, 11) is 0. The van der Waals surface area contributed by atoms with Crippen LogP contribution in [0.4, 0.5) is 15.3 Å². The number of alkyl carbamates (subject to hydrolysis) is 1. The van der Waals surface area contributed by atoms with Crippen molar-refractivity contribution in [1.82, 2.24) is 16.0 Å². The van der Waals surface area contributed by atoms with Crippen molar-refractivity contribution >= 4 is 29.6 Å². The van der Waals surface area contributed by atoms with E-state index in [1.807, 2.05) is 103 Å². The molecule has 0 unspecified atom stereocenters. The van der Waals surface area contributed by atoms with Gasteiger partial charge < -0.3 is 31.3 Å². The third kappa shape index (κ3) is 8.35. The number of hydrogen-bond acceptors (Lipinski definition) is 5. The molecule has 10 heteroatoms. The van der Waals surface area contributed by atoms with Crippen molar-refractivity contribution in [2.45, 2.75) is 58.0 Å². The highest BCUT2D eigenvalue weighted by atomic mass is 16.5. The van der Waals surface area contributed by atoms with Crippen LogP contribution in [-0.2, 0) is 40.4 Å². The number of anilines is 1. The Morgan fingerprint density at radius 3 is 2.30 bits per heavy atom. The van der Waals surface area contributed by atoms with Crippen LogP contribution in [0.5, 0.6) is 0 Å². The highest BCUT2D eigenvalue weighted by Crippen LogP contribution is 2.30. The van der Waals surface area contributed by atoms with E-state index in [-0.39, 0.29) is 12.5 Å². The number of fused-ring (bicyclic) bond motifs is 1. The van der Waals surface area contributed by atoms with Crippen LogP contribution in [0.25, 0.3) is 11.1 Å². The van der Waals surface area contributed by atoms with Gasteiger partial charge in [0.05, 0.1) is 6.54 Å². The molecule has 1 aliphatic rings. The Hall–Kier alpha value is -5.64. The van der Waals surface area contributed by atoms with E-state index in [9.17, 15) is 19.2 Å². The molecule has 242 valence electrons. The highest BCUT2D eigenvalue weighted by molar-refractivity contribution is 6.01. The van der Waals surface area contributed by atoms with Crippen LogP contribution in [0.15, 0.2) is 103 Å². The molecule has 1 atom stereocenters. The minimum atomic E-state index is -1.34. The first kappa shape index (κ1) is 32.7. The van der Waals surface area contributed by atoms with Gasteiger partial charge in [-0.15, -0.1) is 0 Å². The molecule has 0 spiro atoms. The SMILES string of the molecule is CC(C)(NC(=O)OCc1ccccc1)C(=O)N[C@@H]1CCc2ccccc2N(Cc2ccc(-c3ccccc3CNC(N)=O)cc2)C1=O. The number of amides is 5. The molecule has 5 N–H and O–H groups in total. The summed E-state index contributed by atoms with van der Waals surface area (Å²) in [6.45, 7) is 3.81. The summed E-state index contributed by atoms with van der Waals surface area (Å²) in [6, 6.07) is 31.3. The maximum absolute atomic E-state index is 14.1. The number of nitrogens with two attached hydrogens (primary N) is 1. The number of carbonyl (C=O) groups excluding carboxylic acids is 4. The van der Waals surface area contributed by atoms with Crippen molar-refractivity contribution in [3.8, 4) is 11.1 Å². The Morgan fingerprint density at radius 1 is 0.872 bits per heavy atom. The van der Waals surface area contributed by atoms with E-state index >= 15 is 0 Å². The smallest absolute Gasteiger partial charge is 0.408 e. The molecule has 0 bridgehead atoms. The van der Waals surface area contributed by atoms with Crippen LogP contribution in [0, 0.1) is 0 Å². The van der Waals surface area contributed by atoms with E-state index in [0.29, 0.717) is 25.9 Å². The fraction of sp³-hybridized carbons (Fsp3) is 0.243. The fourth-order valence-electron chi connectivity index (χ4n) is 5.53. The van der Waals surface area contributed by atoms with Crippen LogP contribution < -0.4 is 26.6 Å². The van der Waals surface area contributed by atoms with E-state index in [4.69, 9.17) is 10.5 Å². The van der Waals surface area contributed by atoms with Crippen molar-refractivity contribution in [2.24, 2.45) is 5.73 Å². The number of nitrogens with one attached hydrogen (secondary N) is 3. The average Bonchev–Trinajstić information content (AvgIpc) is 3.19. The molecule has 10 nitrogen and oxygen atoms in total. The van der Waals surface area contributed by atoms with Crippen LogP contribution in [0.1, 0.15) is 42.5 Å². The lowest BCUT2D eigenvalue weighted by atomic mass is 9.98. The molecule has 0 saturated carbocycles. The highest BCUT2D eigenvalue weighted by Gasteiger charge is 2.36. The van der Waals surface area contributed by atoms with Crippen molar-refractivity contribution in [1.29, 1.82) is 0 Å². The first-order chi connectivity index (χ1) is 22.6. The summed E-state index contributed by atoms with van der Waals surface area (Å²) in [4.78, 5) is 53.0. The van der Waals surface area contributed by atoms with Gasteiger partial charge in [0, 0.05) is 12.2 Å². The van der Waals surface area contributed by atoms with Gasteiger partial charge in [0.15, 0.2) is 0 Å². The molecule has 0 fully saturated rings. The largest absolute Gasteiger partial charge is 0.445 e. The molecule has 4 aromatic rings. The second-order valence-electron chi connectivity index (χ2n) is 12.0. The predicted octanol–water partition coefficient (Wildman–Crippen LogP) is 5.19. The first-order valence-corrected chi connectivity index (χ1v) is 15.5. The number of para-hydroxylation sites is 1. The molecule has 47 heavy (non-hydrogen) atoms. The number of urea groups is 1. The number of rotatable bonds is 10. The lowest BCUT2D eigenvalue weighted by Gasteiger charge is -2.30. The summed E-state index contributed by atoms with van der Waals surface area (Å²) in [6.07, 6.45) is 0.262. The molecule has 5 rings (SSSR count). The number of aryl methyl sites for hydroxylation is 1. The van der Waals surface area contributed by atoms with Crippen LogP contribution in [0.3, 0.4) is 0 Å². The van der Waals surface area contributed by atoms with Crippen molar-refractivity contribution in [2.75, 3.05) is 4.90 Å². The lowest BCUT2D eigenvalue weighted by molar-refractivity contribution is -0.131. The van der Waals surface area contributed by atoms with Crippen LogP contribution >= 0.6 is 0 Å². The van der Waals surface area contributed by atoms with Gasteiger partial charge in [0.25, 0.3) is 0 Å². The molecule has 0 aliphatic carbocycles. The quantitative estimate of drug-likeness (QED) is 0.190. The third-order valence-electron chi connectivity index (χ3n) is 8.13. The third-order valence-corrected chi connectivity index (χ3v) is 8.13. The molecule has 0 saturated heterocycles. The Labute approximate surface area is 274 Å². The fourth-order valence-corrected chi connectivity index (χ4v) is 5.53. The summed E-state index contributed by atoms with van der Waals surface area (Å²) >= 11 is 0. The minimum absolute atomic E-state index is 0.0681. The minimum Gasteiger partial charge on any atom is -0.445 e. The lowest BCUT2D eigenvalue weighted by Crippen LogP contribution is -2.59. The van der Waals surface area contributed by atoms with Crippen LogP contribution in [0.2, 0.25) is 0 Å². The summed E-state index contributed by atoms with van der Waals surface area (Å²) in [5.74, 6) is -0.732.